The monoisotopic (exact) mass is 546 g/mol. The van der Waals surface area contributed by atoms with Gasteiger partial charge in [0.2, 0.25) is 5.91 Å². The van der Waals surface area contributed by atoms with Crippen molar-refractivity contribution in [2.24, 2.45) is 0 Å². The van der Waals surface area contributed by atoms with E-state index in [1.54, 1.807) is 31.2 Å². The minimum Gasteiger partial charge on any atom is -0.490 e. The molecular formula is C26H27ClN2O7S. The normalized spacial score (nSPS) is 14.2. The summed E-state index contributed by atoms with van der Waals surface area (Å²) >= 11 is 6.79. The molecule has 1 heterocycles. The second-order valence-electron chi connectivity index (χ2n) is 7.72. The van der Waals surface area contributed by atoms with Crippen molar-refractivity contribution in [1.82, 2.24) is 4.90 Å². The molecule has 0 bridgehead atoms. The molecule has 3 rings (SSSR count). The van der Waals surface area contributed by atoms with E-state index in [4.69, 9.17) is 25.8 Å². The number of nitrogens with one attached hydrogen (secondary N) is 1. The molecule has 196 valence electrons. The van der Waals surface area contributed by atoms with E-state index in [0.29, 0.717) is 30.3 Å². The number of carbonyl (C=O) groups is 4. The van der Waals surface area contributed by atoms with Crippen LogP contribution in [0.1, 0.15) is 43.1 Å². The van der Waals surface area contributed by atoms with Crippen molar-refractivity contribution >= 4 is 58.1 Å². The number of imide groups is 1. The van der Waals surface area contributed by atoms with Crippen molar-refractivity contribution in [3.8, 4) is 11.5 Å². The van der Waals surface area contributed by atoms with E-state index >= 15 is 0 Å². The molecule has 0 aromatic heterocycles. The zero-order valence-electron chi connectivity index (χ0n) is 20.7. The Labute approximate surface area is 224 Å². The summed E-state index contributed by atoms with van der Waals surface area (Å²) in [5.41, 5.74) is 1.01. The molecular weight excluding hydrogens is 520 g/mol. The number of ether oxygens (including phenoxy) is 3. The molecule has 2 aromatic carbocycles. The number of hydrogen-bond acceptors (Lipinski definition) is 8. The molecule has 1 aliphatic heterocycles. The van der Waals surface area contributed by atoms with Crippen molar-refractivity contribution < 1.29 is 33.4 Å². The average molecular weight is 547 g/mol. The molecule has 0 atom stereocenters. The topological polar surface area (TPSA) is 111 Å². The number of benzene rings is 2. The summed E-state index contributed by atoms with van der Waals surface area (Å²) in [6.07, 6.45) is 2.42. The second kappa shape index (κ2) is 13.2. The summed E-state index contributed by atoms with van der Waals surface area (Å²) in [4.78, 5) is 51.1. The number of esters is 1. The van der Waals surface area contributed by atoms with Crippen LogP contribution in [-0.4, -0.2) is 54.3 Å². The number of carbonyl (C=O) groups excluding carboxylic acids is 4. The zero-order valence-corrected chi connectivity index (χ0v) is 22.2. The van der Waals surface area contributed by atoms with Crippen LogP contribution in [0.25, 0.3) is 6.08 Å². The van der Waals surface area contributed by atoms with Gasteiger partial charge in [-0.15, -0.1) is 0 Å². The lowest BCUT2D eigenvalue weighted by atomic mass is 10.2. The Morgan fingerprint density at radius 1 is 1.03 bits per heavy atom. The summed E-state index contributed by atoms with van der Waals surface area (Å²) < 4.78 is 16.3. The number of hydrogen-bond donors (Lipinski definition) is 1. The summed E-state index contributed by atoms with van der Waals surface area (Å²) in [5, 5.41) is 2.18. The van der Waals surface area contributed by atoms with Gasteiger partial charge in [0, 0.05) is 5.69 Å². The summed E-state index contributed by atoms with van der Waals surface area (Å²) in [6.45, 7) is 6.18. The van der Waals surface area contributed by atoms with Crippen LogP contribution < -0.4 is 14.8 Å². The number of anilines is 1. The van der Waals surface area contributed by atoms with E-state index in [9.17, 15) is 19.2 Å². The van der Waals surface area contributed by atoms with Gasteiger partial charge in [-0.1, -0.05) is 24.6 Å². The highest BCUT2D eigenvalue weighted by Gasteiger charge is 2.36. The predicted octanol–water partition coefficient (Wildman–Crippen LogP) is 5.38. The molecule has 11 heteroatoms. The van der Waals surface area contributed by atoms with Crippen LogP contribution in [0.15, 0.2) is 41.3 Å². The van der Waals surface area contributed by atoms with Gasteiger partial charge in [0.05, 0.1) is 35.3 Å². The molecule has 0 unspecified atom stereocenters. The van der Waals surface area contributed by atoms with Gasteiger partial charge in [-0.2, -0.15) is 0 Å². The third kappa shape index (κ3) is 7.27. The van der Waals surface area contributed by atoms with E-state index < -0.39 is 29.6 Å². The fourth-order valence-corrected chi connectivity index (χ4v) is 4.35. The van der Waals surface area contributed by atoms with Crippen molar-refractivity contribution in [2.75, 3.05) is 31.7 Å². The van der Waals surface area contributed by atoms with Gasteiger partial charge in [0.15, 0.2) is 11.5 Å². The van der Waals surface area contributed by atoms with Crippen LogP contribution in [-0.2, 0) is 14.3 Å². The van der Waals surface area contributed by atoms with Crippen molar-refractivity contribution in [2.45, 2.75) is 27.2 Å². The molecule has 0 spiro atoms. The molecule has 0 saturated carbocycles. The number of halogens is 1. The molecule has 37 heavy (non-hydrogen) atoms. The smallest absolute Gasteiger partial charge is 0.339 e. The van der Waals surface area contributed by atoms with E-state index in [1.165, 1.54) is 18.2 Å². The number of rotatable bonds is 11. The maximum Gasteiger partial charge on any atom is 0.339 e. The standard InChI is InChI=1S/C26H27ClN2O7S/c1-4-11-36-20-10-7-16(12-21(20)34-5-2)13-22-24(31)29(26(33)37-22)15-23(30)28-17-8-9-19(27)18(14-17)25(32)35-6-3/h7-10,12-14H,4-6,11,15H2,1-3H3,(H,28,30)/b22-13-. The van der Waals surface area contributed by atoms with E-state index in [2.05, 4.69) is 5.32 Å². The lowest BCUT2D eigenvalue weighted by molar-refractivity contribution is -0.127. The van der Waals surface area contributed by atoms with Crippen LogP contribution in [0.4, 0.5) is 10.5 Å². The Morgan fingerprint density at radius 2 is 1.81 bits per heavy atom. The molecule has 1 N–H and O–H groups in total. The minimum atomic E-state index is -0.628. The molecule has 2 aromatic rings. The van der Waals surface area contributed by atoms with Gasteiger partial charge >= 0.3 is 5.97 Å². The SMILES string of the molecule is CCCOc1ccc(/C=C2\SC(=O)N(CC(=O)Nc3ccc(Cl)c(C(=O)OCC)c3)C2=O)cc1OCC. The molecule has 0 radical (unpaired) electrons. The lowest BCUT2D eigenvalue weighted by Crippen LogP contribution is -2.36. The molecule has 0 aliphatic carbocycles. The highest BCUT2D eigenvalue weighted by Crippen LogP contribution is 2.35. The van der Waals surface area contributed by atoms with Gasteiger partial charge in [-0.3, -0.25) is 19.3 Å². The average Bonchev–Trinajstić information content (AvgIpc) is 3.12. The van der Waals surface area contributed by atoms with Gasteiger partial charge in [-0.25, -0.2) is 4.79 Å². The maximum atomic E-state index is 12.9. The van der Waals surface area contributed by atoms with E-state index in [1.807, 2.05) is 13.8 Å². The van der Waals surface area contributed by atoms with Crippen LogP contribution >= 0.6 is 23.4 Å². The van der Waals surface area contributed by atoms with Gasteiger partial charge in [0.25, 0.3) is 11.1 Å². The quantitative estimate of drug-likeness (QED) is 0.295. The number of thioether (sulfide) groups is 1. The fraction of sp³-hybridized carbons (Fsp3) is 0.308. The second-order valence-corrected chi connectivity index (χ2v) is 9.12. The molecule has 3 amide bonds. The largest absolute Gasteiger partial charge is 0.490 e. The minimum absolute atomic E-state index is 0.0907. The fourth-order valence-electron chi connectivity index (χ4n) is 3.31. The van der Waals surface area contributed by atoms with Crippen molar-refractivity contribution in [1.29, 1.82) is 0 Å². The van der Waals surface area contributed by atoms with Crippen LogP contribution in [0.5, 0.6) is 11.5 Å². The Hall–Kier alpha value is -3.50. The Bertz CT molecular complexity index is 1230. The highest BCUT2D eigenvalue weighted by atomic mass is 35.5. The third-order valence-corrected chi connectivity index (χ3v) is 6.18. The van der Waals surface area contributed by atoms with Gasteiger partial charge < -0.3 is 19.5 Å². The van der Waals surface area contributed by atoms with Crippen LogP contribution in [0, 0.1) is 0 Å². The van der Waals surface area contributed by atoms with Crippen molar-refractivity contribution in [3.63, 3.8) is 0 Å². The third-order valence-electron chi connectivity index (χ3n) is 4.95. The van der Waals surface area contributed by atoms with Crippen LogP contribution in [0.2, 0.25) is 5.02 Å². The first kappa shape index (κ1) is 28.1. The molecule has 1 fully saturated rings. The summed E-state index contributed by atoms with van der Waals surface area (Å²) in [7, 11) is 0. The molecule has 1 saturated heterocycles. The molecule has 9 nitrogen and oxygen atoms in total. The summed E-state index contributed by atoms with van der Waals surface area (Å²) in [5.74, 6) is -0.695. The van der Waals surface area contributed by atoms with Crippen molar-refractivity contribution in [3.05, 3.63) is 57.5 Å². The zero-order chi connectivity index (χ0) is 26.9. The molecule has 1 aliphatic rings. The van der Waals surface area contributed by atoms with Crippen LogP contribution in [0.3, 0.4) is 0 Å². The predicted molar refractivity (Wildman–Crippen MR) is 142 cm³/mol. The van der Waals surface area contributed by atoms with Gasteiger partial charge in [0.1, 0.15) is 6.54 Å². The first-order chi connectivity index (χ1) is 17.8. The maximum absolute atomic E-state index is 12.9. The number of amides is 3. The van der Waals surface area contributed by atoms with Gasteiger partial charge in [-0.05, 0) is 74.0 Å². The Kier molecular flexibility index (Phi) is 9.99. The Morgan fingerprint density at radius 3 is 2.51 bits per heavy atom. The van der Waals surface area contributed by atoms with E-state index in [-0.39, 0.29) is 27.8 Å². The highest BCUT2D eigenvalue weighted by molar-refractivity contribution is 8.18. The van der Waals surface area contributed by atoms with E-state index in [0.717, 1.165) is 23.1 Å². The number of nitrogens with zero attached hydrogens (tertiary/aromatic N) is 1. The first-order valence-corrected chi connectivity index (χ1v) is 12.9. The first-order valence-electron chi connectivity index (χ1n) is 11.7. The Balaban J connectivity index is 1.71. The summed E-state index contributed by atoms with van der Waals surface area (Å²) in [6, 6.07) is 9.56. The lowest BCUT2D eigenvalue weighted by Gasteiger charge is -2.13.